The molecule has 0 saturated heterocycles. The van der Waals surface area contributed by atoms with Crippen LogP contribution < -0.4 is 10.6 Å². The number of halogens is 2. The number of aromatic nitrogens is 1. The van der Waals surface area contributed by atoms with E-state index < -0.39 is 0 Å². The highest BCUT2D eigenvalue weighted by molar-refractivity contribution is 9.10. The molecule has 0 aliphatic heterocycles. The second-order valence-electron chi connectivity index (χ2n) is 6.82. The molecular weight excluding hydrogens is 474 g/mol. The Labute approximate surface area is 185 Å². The molecule has 2 aromatic carbocycles. The van der Waals surface area contributed by atoms with Crippen molar-refractivity contribution in [1.29, 1.82) is 0 Å². The Hall–Kier alpha value is -2.22. The number of carbonyl (C=O) groups excluding carboxylic acids is 2. The monoisotopic (exact) mass is 489 g/mol. The summed E-state index contributed by atoms with van der Waals surface area (Å²) in [6.07, 6.45) is 2.18. The summed E-state index contributed by atoms with van der Waals surface area (Å²) in [5.41, 5.74) is 2.66. The van der Waals surface area contributed by atoms with Gasteiger partial charge in [-0.2, -0.15) is 0 Å². The molecular formula is C21H17BrClN3O2S. The lowest BCUT2D eigenvalue weighted by atomic mass is 10.2. The molecule has 1 aromatic heterocycles. The molecule has 0 atom stereocenters. The second-order valence-corrected chi connectivity index (χ2v) is 9.00. The lowest BCUT2D eigenvalue weighted by molar-refractivity contribution is -0.115. The molecule has 5 nitrogen and oxygen atoms in total. The largest absolute Gasteiger partial charge is 0.349 e. The van der Waals surface area contributed by atoms with Gasteiger partial charge in [-0.05, 0) is 43.2 Å². The molecule has 1 saturated carbocycles. The van der Waals surface area contributed by atoms with Crippen LogP contribution in [0.5, 0.6) is 0 Å². The molecule has 1 heterocycles. The van der Waals surface area contributed by atoms with Crippen LogP contribution >= 0.6 is 38.9 Å². The Bertz CT molecular complexity index is 1080. The number of nitrogens with zero attached hydrogens (tertiary/aromatic N) is 1. The predicted octanol–water partition coefficient (Wildman–Crippen LogP) is 5.30. The van der Waals surface area contributed by atoms with Crippen LogP contribution in [0.4, 0.5) is 5.69 Å². The van der Waals surface area contributed by atoms with Crippen molar-refractivity contribution in [3.63, 3.8) is 0 Å². The van der Waals surface area contributed by atoms with Gasteiger partial charge >= 0.3 is 0 Å². The van der Waals surface area contributed by atoms with Crippen LogP contribution in [0, 0.1) is 0 Å². The third-order valence-electron chi connectivity index (χ3n) is 4.38. The first kappa shape index (κ1) is 20.1. The van der Waals surface area contributed by atoms with E-state index in [4.69, 9.17) is 11.6 Å². The Morgan fingerprint density at radius 1 is 1.21 bits per heavy atom. The van der Waals surface area contributed by atoms with Crippen molar-refractivity contribution in [2.75, 3.05) is 5.32 Å². The van der Waals surface area contributed by atoms with Gasteiger partial charge in [0.15, 0.2) is 0 Å². The second kappa shape index (κ2) is 8.65. The third-order valence-corrected chi connectivity index (χ3v) is 6.12. The van der Waals surface area contributed by atoms with Gasteiger partial charge < -0.3 is 10.6 Å². The van der Waals surface area contributed by atoms with Gasteiger partial charge in [-0.25, -0.2) is 4.98 Å². The summed E-state index contributed by atoms with van der Waals surface area (Å²) in [7, 11) is 0. The highest BCUT2D eigenvalue weighted by Crippen LogP contribution is 2.27. The number of thiazole rings is 1. The number of anilines is 1. The summed E-state index contributed by atoms with van der Waals surface area (Å²) in [5.74, 6) is -0.375. The van der Waals surface area contributed by atoms with E-state index >= 15 is 0 Å². The van der Waals surface area contributed by atoms with Gasteiger partial charge in [0.1, 0.15) is 5.01 Å². The summed E-state index contributed by atoms with van der Waals surface area (Å²) in [6.45, 7) is 0. The normalized spacial score (nSPS) is 13.2. The minimum atomic E-state index is -0.192. The van der Waals surface area contributed by atoms with Gasteiger partial charge in [-0.3, -0.25) is 9.59 Å². The summed E-state index contributed by atoms with van der Waals surface area (Å²) >= 11 is 11.2. The molecule has 0 spiro atoms. The molecule has 3 aromatic rings. The van der Waals surface area contributed by atoms with Crippen molar-refractivity contribution in [2.45, 2.75) is 25.3 Å². The Kier molecular flexibility index (Phi) is 5.99. The van der Waals surface area contributed by atoms with Crippen molar-refractivity contribution in [3.8, 4) is 10.6 Å². The molecule has 4 rings (SSSR count). The molecule has 0 unspecified atom stereocenters. The standard InChI is InChI=1S/C21H17BrClN3O2S/c22-13-3-1-2-12(8-13)21-26-16(11-29-21)10-19(27)24-15-6-7-17(18(23)9-15)20(28)25-14-4-5-14/h1-3,6-9,11,14H,4-5,10H2,(H,24,27)(H,25,28). The fourth-order valence-electron chi connectivity index (χ4n) is 2.78. The van der Waals surface area contributed by atoms with E-state index in [2.05, 4.69) is 31.5 Å². The molecule has 0 bridgehead atoms. The predicted molar refractivity (Wildman–Crippen MR) is 120 cm³/mol. The minimum Gasteiger partial charge on any atom is -0.349 e. The number of rotatable bonds is 6. The maximum atomic E-state index is 12.4. The Balaban J connectivity index is 1.38. The Morgan fingerprint density at radius 3 is 2.76 bits per heavy atom. The average molecular weight is 491 g/mol. The lowest BCUT2D eigenvalue weighted by Crippen LogP contribution is -2.25. The lowest BCUT2D eigenvalue weighted by Gasteiger charge is -2.09. The molecule has 148 valence electrons. The van der Waals surface area contributed by atoms with E-state index in [1.807, 2.05) is 29.6 Å². The quantitative estimate of drug-likeness (QED) is 0.492. The van der Waals surface area contributed by atoms with Crippen molar-refractivity contribution in [1.82, 2.24) is 10.3 Å². The zero-order chi connectivity index (χ0) is 20.4. The van der Waals surface area contributed by atoms with Crippen molar-refractivity contribution >= 4 is 56.4 Å². The summed E-state index contributed by atoms with van der Waals surface area (Å²) in [4.78, 5) is 29.1. The number of amides is 2. The van der Waals surface area contributed by atoms with Crippen LogP contribution in [0.15, 0.2) is 52.3 Å². The molecule has 29 heavy (non-hydrogen) atoms. The van der Waals surface area contributed by atoms with E-state index in [1.54, 1.807) is 18.2 Å². The molecule has 1 aliphatic rings. The molecule has 0 radical (unpaired) electrons. The third kappa shape index (κ3) is 5.23. The molecule has 8 heteroatoms. The van der Waals surface area contributed by atoms with E-state index in [0.717, 1.165) is 27.9 Å². The van der Waals surface area contributed by atoms with Gasteiger partial charge in [0.05, 0.1) is 22.7 Å². The maximum Gasteiger partial charge on any atom is 0.253 e. The SMILES string of the molecule is O=C(Cc1csc(-c2cccc(Br)c2)n1)Nc1ccc(C(=O)NC2CC2)c(Cl)c1. The topological polar surface area (TPSA) is 71.1 Å². The number of hydrogen-bond acceptors (Lipinski definition) is 4. The maximum absolute atomic E-state index is 12.4. The van der Waals surface area contributed by atoms with Gasteiger partial charge in [-0.15, -0.1) is 11.3 Å². The highest BCUT2D eigenvalue weighted by Gasteiger charge is 2.24. The highest BCUT2D eigenvalue weighted by atomic mass is 79.9. The van der Waals surface area contributed by atoms with E-state index in [1.165, 1.54) is 11.3 Å². The van der Waals surface area contributed by atoms with Crippen LogP contribution in [0.1, 0.15) is 28.9 Å². The van der Waals surface area contributed by atoms with E-state index in [0.29, 0.717) is 22.0 Å². The zero-order valence-electron chi connectivity index (χ0n) is 15.2. The summed E-state index contributed by atoms with van der Waals surface area (Å²) in [5, 5.41) is 8.77. The average Bonchev–Trinajstić information content (AvgIpc) is 3.36. The van der Waals surface area contributed by atoms with Gasteiger partial charge in [0.2, 0.25) is 5.91 Å². The van der Waals surface area contributed by atoms with Crippen molar-refractivity contribution < 1.29 is 9.59 Å². The molecule has 2 N–H and O–H groups in total. The summed E-state index contributed by atoms with van der Waals surface area (Å²) in [6, 6.07) is 13.0. The smallest absolute Gasteiger partial charge is 0.253 e. The fraction of sp³-hybridized carbons (Fsp3) is 0.190. The first-order chi connectivity index (χ1) is 14.0. The number of carbonyl (C=O) groups is 2. The number of benzene rings is 2. The summed E-state index contributed by atoms with van der Waals surface area (Å²) < 4.78 is 0.982. The van der Waals surface area contributed by atoms with Crippen LogP contribution in [-0.4, -0.2) is 22.8 Å². The van der Waals surface area contributed by atoms with Crippen molar-refractivity contribution in [3.05, 3.63) is 68.6 Å². The van der Waals surface area contributed by atoms with Gasteiger partial charge in [-0.1, -0.05) is 39.7 Å². The Morgan fingerprint density at radius 2 is 2.03 bits per heavy atom. The fourth-order valence-corrected chi connectivity index (χ4v) is 4.26. The van der Waals surface area contributed by atoms with Crippen LogP contribution in [0.2, 0.25) is 5.02 Å². The molecule has 2 amide bonds. The van der Waals surface area contributed by atoms with Gasteiger partial charge in [0.25, 0.3) is 5.91 Å². The van der Waals surface area contributed by atoms with E-state index in [9.17, 15) is 9.59 Å². The van der Waals surface area contributed by atoms with Gasteiger partial charge in [0, 0.05) is 27.1 Å². The minimum absolute atomic E-state index is 0.159. The first-order valence-electron chi connectivity index (χ1n) is 9.08. The van der Waals surface area contributed by atoms with Crippen LogP contribution in [-0.2, 0) is 11.2 Å². The van der Waals surface area contributed by atoms with Crippen LogP contribution in [0.25, 0.3) is 10.6 Å². The van der Waals surface area contributed by atoms with Crippen molar-refractivity contribution in [2.24, 2.45) is 0 Å². The molecule has 1 aliphatic carbocycles. The van der Waals surface area contributed by atoms with E-state index in [-0.39, 0.29) is 24.3 Å². The number of nitrogens with one attached hydrogen (secondary N) is 2. The first-order valence-corrected chi connectivity index (χ1v) is 11.1. The van der Waals surface area contributed by atoms with Crippen LogP contribution in [0.3, 0.4) is 0 Å². The zero-order valence-corrected chi connectivity index (χ0v) is 18.4. The molecule has 1 fully saturated rings. The number of hydrogen-bond donors (Lipinski definition) is 2.